The monoisotopic (exact) mass is 470 g/mol. The van der Waals surface area contributed by atoms with E-state index in [0.29, 0.717) is 12.2 Å². The molecule has 33 heavy (non-hydrogen) atoms. The van der Waals surface area contributed by atoms with Crippen LogP contribution in [0.1, 0.15) is 53.5 Å². The van der Waals surface area contributed by atoms with Crippen LogP contribution >= 0.6 is 0 Å². The maximum atomic E-state index is 13.5. The molecule has 0 bridgehead atoms. The van der Waals surface area contributed by atoms with E-state index in [-0.39, 0.29) is 12.5 Å². The van der Waals surface area contributed by atoms with Crippen molar-refractivity contribution in [1.82, 2.24) is 14.7 Å². The molecule has 8 nitrogen and oxygen atoms in total. The van der Waals surface area contributed by atoms with E-state index in [1.807, 2.05) is 7.05 Å². The molecule has 178 valence electrons. The second-order valence-corrected chi connectivity index (χ2v) is 11.2. The van der Waals surface area contributed by atoms with Gasteiger partial charge in [-0.1, -0.05) is 6.07 Å². The molecular weight excluding hydrogens is 438 g/mol. The lowest BCUT2D eigenvalue weighted by Gasteiger charge is -2.36. The van der Waals surface area contributed by atoms with Crippen LogP contribution in [0.25, 0.3) is 0 Å². The summed E-state index contributed by atoms with van der Waals surface area (Å²) in [5, 5.41) is 17.3. The Morgan fingerprint density at radius 2 is 1.85 bits per heavy atom. The van der Waals surface area contributed by atoms with Gasteiger partial charge in [0.05, 0.1) is 17.9 Å². The number of anilines is 1. The summed E-state index contributed by atoms with van der Waals surface area (Å²) in [7, 11) is -0.469. The lowest BCUT2D eigenvalue weighted by Crippen LogP contribution is -2.49. The average molecular weight is 471 g/mol. The molecule has 1 aliphatic heterocycles. The lowest BCUT2D eigenvalue weighted by atomic mass is 9.92. The maximum Gasteiger partial charge on any atom is 0.344 e. The van der Waals surface area contributed by atoms with Gasteiger partial charge in [0, 0.05) is 26.2 Å². The zero-order chi connectivity index (χ0) is 23.2. The predicted molar refractivity (Wildman–Crippen MR) is 127 cm³/mol. The highest BCUT2D eigenvalue weighted by molar-refractivity contribution is 7.91. The number of aryl methyl sites for hydroxylation is 3. The van der Waals surface area contributed by atoms with Crippen LogP contribution in [0, 0.1) is 0 Å². The molecule has 3 aliphatic rings. The number of likely N-dealkylation sites (N-methyl/N-ethyl adjacent to an activating group) is 1. The topological polar surface area (TPSA) is 93.9 Å². The van der Waals surface area contributed by atoms with E-state index in [2.05, 4.69) is 20.5 Å². The Labute approximate surface area is 196 Å². The number of likely N-dealkylation sites (tertiary alicyclic amines) is 1. The molecule has 0 spiro atoms. The van der Waals surface area contributed by atoms with Crippen LogP contribution in [-0.2, 0) is 49.4 Å². The number of piperidine rings is 1. The second kappa shape index (κ2) is 8.76. The molecule has 2 heterocycles. The van der Waals surface area contributed by atoms with E-state index in [0.717, 1.165) is 63.5 Å². The third-order valence-corrected chi connectivity index (χ3v) is 8.71. The van der Waals surface area contributed by atoms with E-state index in [4.69, 9.17) is 0 Å². The number of rotatable bonds is 6. The molecule has 1 fully saturated rings. The van der Waals surface area contributed by atoms with Gasteiger partial charge >= 0.3 is 10.2 Å². The van der Waals surface area contributed by atoms with Crippen molar-refractivity contribution >= 4 is 21.8 Å². The van der Waals surface area contributed by atoms with Gasteiger partial charge in [0.1, 0.15) is 0 Å². The molecule has 9 heteroatoms. The molecule has 5 rings (SSSR count). The quantitative estimate of drug-likeness (QED) is 0.472. The molecule has 1 aromatic heterocycles. The van der Waals surface area contributed by atoms with Gasteiger partial charge < -0.3 is 10.0 Å². The summed E-state index contributed by atoms with van der Waals surface area (Å²) in [6.45, 7) is 1.52. The van der Waals surface area contributed by atoms with Crippen molar-refractivity contribution in [2.75, 3.05) is 24.4 Å². The Balaban J connectivity index is 1.48. The standard InChI is InChI=1S/C24H33N5O3S/c1-27-11-5-8-19(15-27)29(20-14-25-28(2)16-20)33(31,32)26-24(30)13-23-21-9-3-6-17(21)12-18-7-4-10-22(18)23/h12,14,16,19H,3-11,13,15H2,1-2H3,(H,26,30)/p-1. The minimum Gasteiger partial charge on any atom is -0.861 e. The normalized spacial score (nSPS) is 21.3. The van der Waals surface area contributed by atoms with Crippen LogP contribution in [0.2, 0.25) is 0 Å². The Bertz CT molecular complexity index is 1150. The first-order chi connectivity index (χ1) is 15.8. The molecule has 1 atom stereocenters. The van der Waals surface area contributed by atoms with Gasteiger partial charge in [-0.2, -0.15) is 17.9 Å². The van der Waals surface area contributed by atoms with Crippen LogP contribution in [-0.4, -0.2) is 55.2 Å². The Morgan fingerprint density at radius 3 is 2.45 bits per heavy atom. The van der Waals surface area contributed by atoms with Crippen molar-refractivity contribution in [1.29, 1.82) is 0 Å². The van der Waals surface area contributed by atoms with Gasteiger partial charge in [-0.05, 0) is 98.7 Å². The molecule has 1 saturated heterocycles. The first-order valence-electron chi connectivity index (χ1n) is 11.9. The molecule has 1 unspecified atom stereocenters. The van der Waals surface area contributed by atoms with Crippen molar-refractivity contribution in [2.45, 2.75) is 63.8 Å². The Hall–Kier alpha value is -2.39. The molecule has 1 aromatic carbocycles. The van der Waals surface area contributed by atoms with Gasteiger partial charge in [-0.15, -0.1) is 0 Å². The predicted octanol–water partition coefficient (Wildman–Crippen LogP) is 1.54. The number of fused-ring (bicyclic) bond motifs is 2. The van der Waals surface area contributed by atoms with Crippen LogP contribution in [0.4, 0.5) is 5.69 Å². The molecule has 0 amide bonds. The van der Waals surface area contributed by atoms with Gasteiger partial charge in [0.2, 0.25) is 0 Å². The average Bonchev–Trinajstić information content (AvgIpc) is 3.48. The smallest absolute Gasteiger partial charge is 0.344 e. The van der Waals surface area contributed by atoms with Crippen molar-refractivity contribution in [3.8, 4) is 0 Å². The zero-order valence-electron chi connectivity index (χ0n) is 19.5. The number of hydrogen-bond donors (Lipinski definition) is 0. The summed E-state index contributed by atoms with van der Waals surface area (Å²) in [4.78, 5) is 2.12. The van der Waals surface area contributed by atoms with E-state index in [1.54, 1.807) is 17.9 Å². The Kier molecular flexibility index (Phi) is 5.95. The molecule has 0 radical (unpaired) electrons. The largest absolute Gasteiger partial charge is 0.861 e. The van der Waals surface area contributed by atoms with E-state index in [9.17, 15) is 13.5 Å². The molecular formula is C24H32N5O3S-. The summed E-state index contributed by atoms with van der Waals surface area (Å²) < 4.78 is 33.7. The Morgan fingerprint density at radius 1 is 1.15 bits per heavy atom. The summed E-state index contributed by atoms with van der Waals surface area (Å²) in [6.07, 6.45) is 11.1. The van der Waals surface area contributed by atoms with Gasteiger partial charge in [0.15, 0.2) is 0 Å². The highest BCUT2D eigenvalue weighted by Crippen LogP contribution is 2.35. The summed E-state index contributed by atoms with van der Waals surface area (Å²) in [5.74, 6) is -0.581. The third-order valence-electron chi connectivity index (χ3n) is 7.27. The first kappa shape index (κ1) is 22.4. The van der Waals surface area contributed by atoms with Crippen LogP contribution in [0.15, 0.2) is 22.9 Å². The highest BCUT2D eigenvalue weighted by Gasteiger charge is 2.33. The highest BCUT2D eigenvalue weighted by atomic mass is 32.2. The summed E-state index contributed by atoms with van der Waals surface area (Å²) >= 11 is 0. The van der Waals surface area contributed by atoms with Crippen LogP contribution < -0.4 is 9.41 Å². The lowest BCUT2D eigenvalue weighted by molar-refractivity contribution is -0.217. The summed E-state index contributed by atoms with van der Waals surface area (Å²) in [5.41, 5.74) is 6.69. The third kappa shape index (κ3) is 4.40. The first-order valence-corrected chi connectivity index (χ1v) is 13.3. The van der Waals surface area contributed by atoms with Crippen molar-refractivity contribution in [3.63, 3.8) is 0 Å². The molecule has 0 saturated carbocycles. The van der Waals surface area contributed by atoms with Crippen LogP contribution in [0.3, 0.4) is 0 Å². The minimum absolute atomic E-state index is 0.0657. The fourth-order valence-corrected chi connectivity index (χ4v) is 7.21. The molecule has 2 aromatic rings. The zero-order valence-corrected chi connectivity index (χ0v) is 20.3. The maximum absolute atomic E-state index is 13.5. The van der Waals surface area contributed by atoms with Gasteiger partial charge in [-0.3, -0.25) is 4.68 Å². The van der Waals surface area contributed by atoms with Crippen LogP contribution in [0.5, 0.6) is 0 Å². The minimum atomic E-state index is -4.20. The number of nitrogens with zero attached hydrogens (tertiary/aromatic N) is 5. The van der Waals surface area contributed by atoms with E-state index >= 15 is 0 Å². The fraction of sp³-hybridized carbons (Fsp3) is 0.583. The summed E-state index contributed by atoms with van der Waals surface area (Å²) in [6, 6.07) is 2.04. The fourth-order valence-electron chi connectivity index (χ4n) is 5.89. The van der Waals surface area contributed by atoms with Crippen molar-refractivity contribution in [2.24, 2.45) is 11.4 Å². The molecule has 2 aliphatic carbocycles. The van der Waals surface area contributed by atoms with Crippen molar-refractivity contribution < 1.29 is 13.5 Å². The van der Waals surface area contributed by atoms with E-state index in [1.165, 1.54) is 32.8 Å². The van der Waals surface area contributed by atoms with E-state index < -0.39 is 16.1 Å². The SMILES string of the molecule is CN1CCCC(N(c2cnn(C)c2)S(=O)(=O)/N=C(\[O-])Cc2c3c(cc4c2CCC4)CCC3)C1. The number of aromatic nitrogens is 2. The number of benzene rings is 1. The number of hydrogen-bond acceptors (Lipinski definition) is 5. The van der Waals surface area contributed by atoms with Gasteiger partial charge in [0.25, 0.3) is 0 Å². The van der Waals surface area contributed by atoms with Crippen molar-refractivity contribution in [3.05, 3.63) is 46.3 Å². The molecule has 0 N–H and O–H groups in total. The second-order valence-electron chi connectivity index (χ2n) is 9.70. The van der Waals surface area contributed by atoms with Gasteiger partial charge in [-0.25, -0.2) is 4.31 Å².